The molecule has 1 atom stereocenters. The Kier molecular flexibility index (Phi) is 3.50. The van der Waals surface area contributed by atoms with E-state index in [0.717, 1.165) is 43.9 Å². The van der Waals surface area contributed by atoms with Crippen molar-refractivity contribution in [1.82, 2.24) is 19.8 Å². The Hall–Kier alpha value is -1.66. The van der Waals surface area contributed by atoms with Gasteiger partial charge < -0.3 is 9.88 Å². The fourth-order valence-corrected chi connectivity index (χ4v) is 3.84. The lowest BCUT2D eigenvalue weighted by Gasteiger charge is -2.32. The highest BCUT2D eigenvalue weighted by Crippen LogP contribution is 2.30. The van der Waals surface area contributed by atoms with Gasteiger partial charge in [0.25, 0.3) is 0 Å². The minimum Gasteiger partial charge on any atom is -0.353 e. The van der Waals surface area contributed by atoms with E-state index < -0.39 is 0 Å². The summed E-state index contributed by atoms with van der Waals surface area (Å²) in [5.41, 5.74) is 3.44. The molecule has 0 spiro atoms. The molecule has 0 saturated heterocycles. The summed E-state index contributed by atoms with van der Waals surface area (Å²) in [5, 5.41) is 7.43. The van der Waals surface area contributed by atoms with E-state index in [2.05, 4.69) is 32.0 Å². The van der Waals surface area contributed by atoms with Gasteiger partial charge in [0.15, 0.2) is 0 Å². The van der Waals surface area contributed by atoms with E-state index in [-0.39, 0.29) is 11.8 Å². The molecule has 1 amide bonds. The van der Waals surface area contributed by atoms with Gasteiger partial charge in [-0.1, -0.05) is 0 Å². The average molecular weight is 316 g/mol. The van der Waals surface area contributed by atoms with Crippen LogP contribution in [0.4, 0.5) is 0 Å². The van der Waals surface area contributed by atoms with Crippen molar-refractivity contribution in [2.45, 2.75) is 37.9 Å². The monoisotopic (exact) mass is 316 g/mol. The van der Waals surface area contributed by atoms with Gasteiger partial charge in [-0.25, -0.2) is 4.98 Å². The van der Waals surface area contributed by atoms with Gasteiger partial charge in [-0.3, -0.25) is 9.69 Å². The second kappa shape index (κ2) is 5.52. The third kappa shape index (κ3) is 2.68. The van der Waals surface area contributed by atoms with Crippen molar-refractivity contribution in [3.05, 3.63) is 40.1 Å². The van der Waals surface area contributed by atoms with Gasteiger partial charge in [-0.05, 0) is 35.2 Å². The standard InChI is InChI=1S/C16H20N4OS/c1-19-10-17-14-8-20(6-11-4-5-22-9-11)7-13(15(14)19)16(21)18-12-2-3-12/h4-5,9-10,12-13H,2-3,6-8H2,1H3,(H,18,21)/t13-/m1/s1. The number of fused-ring (bicyclic) bond motifs is 1. The van der Waals surface area contributed by atoms with Crippen LogP contribution >= 0.6 is 11.3 Å². The van der Waals surface area contributed by atoms with Crippen LogP contribution in [0.1, 0.15) is 35.7 Å². The van der Waals surface area contributed by atoms with Crippen molar-refractivity contribution in [2.24, 2.45) is 7.05 Å². The number of amides is 1. The maximum absolute atomic E-state index is 12.6. The number of nitrogens with zero attached hydrogens (tertiary/aromatic N) is 3. The van der Waals surface area contributed by atoms with Crippen molar-refractivity contribution in [2.75, 3.05) is 6.54 Å². The molecule has 0 aromatic carbocycles. The Bertz CT molecular complexity index is 674. The van der Waals surface area contributed by atoms with E-state index in [1.165, 1.54) is 5.56 Å². The lowest BCUT2D eigenvalue weighted by Crippen LogP contribution is -2.42. The number of aromatic nitrogens is 2. The van der Waals surface area contributed by atoms with Gasteiger partial charge in [-0.15, -0.1) is 0 Å². The molecule has 1 fully saturated rings. The van der Waals surface area contributed by atoms with E-state index >= 15 is 0 Å². The van der Waals surface area contributed by atoms with Crippen LogP contribution in [0.2, 0.25) is 0 Å². The number of hydrogen-bond acceptors (Lipinski definition) is 4. The van der Waals surface area contributed by atoms with Crippen LogP contribution < -0.4 is 5.32 Å². The molecule has 22 heavy (non-hydrogen) atoms. The largest absolute Gasteiger partial charge is 0.353 e. The molecule has 4 rings (SSSR count). The Balaban J connectivity index is 1.57. The van der Waals surface area contributed by atoms with Crippen molar-refractivity contribution in [3.63, 3.8) is 0 Å². The normalized spacial score (nSPS) is 21.6. The summed E-state index contributed by atoms with van der Waals surface area (Å²) in [5.74, 6) is 0.0397. The topological polar surface area (TPSA) is 50.2 Å². The van der Waals surface area contributed by atoms with Gasteiger partial charge in [0.2, 0.25) is 5.91 Å². The molecule has 2 aromatic heterocycles. The molecular formula is C16H20N4OS. The van der Waals surface area contributed by atoms with Gasteiger partial charge in [0.1, 0.15) is 0 Å². The third-order valence-electron chi connectivity index (χ3n) is 4.43. The highest BCUT2D eigenvalue weighted by Gasteiger charge is 2.36. The van der Waals surface area contributed by atoms with Gasteiger partial charge >= 0.3 is 0 Å². The molecule has 1 N–H and O–H groups in total. The van der Waals surface area contributed by atoms with Crippen LogP contribution in [0.25, 0.3) is 0 Å². The van der Waals surface area contributed by atoms with E-state index in [0.29, 0.717) is 6.04 Å². The highest BCUT2D eigenvalue weighted by molar-refractivity contribution is 7.07. The number of carbonyl (C=O) groups is 1. The summed E-state index contributed by atoms with van der Waals surface area (Å²) >= 11 is 1.72. The van der Waals surface area contributed by atoms with Crippen molar-refractivity contribution in [1.29, 1.82) is 0 Å². The third-order valence-corrected chi connectivity index (χ3v) is 5.17. The van der Waals surface area contributed by atoms with Crippen molar-refractivity contribution >= 4 is 17.2 Å². The second-order valence-corrected chi connectivity index (χ2v) is 7.10. The molecular weight excluding hydrogens is 296 g/mol. The summed E-state index contributed by atoms with van der Waals surface area (Å²) < 4.78 is 2.01. The van der Waals surface area contributed by atoms with Crippen LogP contribution in [0.5, 0.6) is 0 Å². The van der Waals surface area contributed by atoms with E-state index in [1.54, 1.807) is 11.3 Å². The zero-order valence-corrected chi connectivity index (χ0v) is 13.5. The molecule has 5 nitrogen and oxygen atoms in total. The Morgan fingerprint density at radius 2 is 2.36 bits per heavy atom. The molecule has 6 heteroatoms. The first-order chi connectivity index (χ1) is 10.7. The summed E-state index contributed by atoms with van der Waals surface area (Å²) in [4.78, 5) is 19.5. The maximum atomic E-state index is 12.6. The van der Waals surface area contributed by atoms with E-state index in [9.17, 15) is 4.79 Å². The molecule has 2 aromatic rings. The summed E-state index contributed by atoms with van der Waals surface area (Å²) in [6, 6.07) is 2.55. The number of carbonyl (C=O) groups excluding carboxylic acids is 1. The molecule has 1 saturated carbocycles. The van der Waals surface area contributed by atoms with Crippen molar-refractivity contribution < 1.29 is 4.79 Å². The van der Waals surface area contributed by atoms with Crippen LogP contribution in [0.15, 0.2) is 23.2 Å². The molecule has 2 aliphatic rings. The summed E-state index contributed by atoms with van der Waals surface area (Å²) in [7, 11) is 1.98. The predicted octanol–water partition coefficient (Wildman–Crippen LogP) is 1.86. The van der Waals surface area contributed by atoms with Gasteiger partial charge in [-0.2, -0.15) is 11.3 Å². The summed E-state index contributed by atoms with van der Waals surface area (Å²) in [6.07, 6.45) is 4.07. The summed E-state index contributed by atoms with van der Waals surface area (Å²) in [6.45, 7) is 2.47. The predicted molar refractivity (Wildman–Crippen MR) is 85.5 cm³/mol. The molecule has 0 radical (unpaired) electrons. The molecule has 0 bridgehead atoms. The number of thiophene rings is 1. The zero-order valence-electron chi connectivity index (χ0n) is 12.7. The number of nitrogens with one attached hydrogen (secondary N) is 1. The fraction of sp³-hybridized carbons (Fsp3) is 0.500. The van der Waals surface area contributed by atoms with Gasteiger partial charge in [0.05, 0.1) is 23.6 Å². The molecule has 3 heterocycles. The smallest absolute Gasteiger partial charge is 0.230 e. The minimum absolute atomic E-state index is 0.115. The first-order valence-corrected chi connectivity index (χ1v) is 8.69. The Labute approximate surface area is 134 Å². The SMILES string of the molecule is Cn1cnc2c1[C@H](C(=O)NC1CC1)CN(Cc1ccsc1)C2. The fourth-order valence-electron chi connectivity index (χ4n) is 3.18. The minimum atomic E-state index is -0.115. The van der Waals surface area contributed by atoms with Crippen LogP contribution in [-0.2, 0) is 24.9 Å². The number of imidazole rings is 1. The molecule has 116 valence electrons. The van der Waals surface area contributed by atoms with Crippen LogP contribution in [0.3, 0.4) is 0 Å². The number of hydrogen-bond donors (Lipinski definition) is 1. The highest BCUT2D eigenvalue weighted by atomic mass is 32.1. The first-order valence-electron chi connectivity index (χ1n) is 7.74. The number of aryl methyl sites for hydroxylation is 1. The average Bonchev–Trinajstić information content (AvgIpc) is 3.02. The molecule has 0 unspecified atom stereocenters. The molecule has 1 aliphatic carbocycles. The lowest BCUT2D eigenvalue weighted by molar-refractivity contribution is -0.123. The Morgan fingerprint density at radius 3 is 3.09 bits per heavy atom. The quantitative estimate of drug-likeness (QED) is 0.937. The first kappa shape index (κ1) is 14.0. The second-order valence-electron chi connectivity index (χ2n) is 6.32. The van der Waals surface area contributed by atoms with E-state index in [1.807, 2.05) is 17.9 Å². The van der Waals surface area contributed by atoms with E-state index in [4.69, 9.17) is 0 Å². The van der Waals surface area contributed by atoms with Crippen LogP contribution in [0, 0.1) is 0 Å². The van der Waals surface area contributed by atoms with Crippen molar-refractivity contribution in [3.8, 4) is 0 Å². The van der Waals surface area contributed by atoms with Gasteiger partial charge in [0, 0.05) is 32.7 Å². The lowest BCUT2D eigenvalue weighted by atomic mass is 9.96. The maximum Gasteiger partial charge on any atom is 0.230 e. The van der Waals surface area contributed by atoms with Crippen LogP contribution in [-0.4, -0.2) is 32.9 Å². The Morgan fingerprint density at radius 1 is 1.50 bits per heavy atom. The molecule has 1 aliphatic heterocycles. The zero-order chi connectivity index (χ0) is 15.1. The number of rotatable bonds is 4.